The summed E-state index contributed by atoms with van der Waals surface area (Å²) in [7, 11) is 0. The highest BCUT2D eigenvalue weighted by Crippen LogP contribution is 2.14. The SMILES string of the molecule is CSC(C)CNC(=O)c1ccc(NN)cc1C. The molecule has 0 aliphatic heterocycles. The van der Waals surface area contributed by atoms with Crippen LogP contribution in [0.25, 0.3) is 0 Å². The summed E-state index contributed by atoms with van der Waals surface area (Å²) in [6.45, 7) is 4.66. The summed E-state index contributed by atoms with van der Waals surface area (Å²) in [6, 6.07) is 5.43. The van der Waals surface area contributed by atoms with Crippen LogP contribution in [0.5, 0.6) is 0 Å². The van der Waals surface area contributed by atoms with E-state index in [-0.39, 0.29) is 5.91 Å². The van der Waals surface area contributed by atoms with E-state index in [2.05, 4.69) is 17.7 Å². The topological polar surface area (TPSA) is 67.2 Å². The van der Waals surface area contributed by atoms with Crippen molar-refractivity contribution < 1.29 is 4.79 Å². The summed E-state index contributed by atoms with van der Waals surface area (Å²) < 4.78 is 0. The van der Waals surface area contributed by atoms with Gasteiger partial charge in [0.2, 0.25) is 0 Å². The quantitative estimate of drug-likeness (QED) is 0.552. The van der Waals surface area contributed by atoms with E-state index in [1.54, 1.807) is 23.9 Å². The molecule has 0 aliphatic carbocycles. The van der Waals surface area contributed by atoms with Gasteiger partial charge in [0.1, 0.15) is 0 Å². The minimum Gasteiger partial charge on any atom is -0.351 e. The van der Waals surface area contributed by atoms with Gasteiger partial charge in [-0.3, -0.25) is 10.6 Å². The summed E-state index contributed by atoms with van der Waals surface area (Å²) >= 11 is 1.73. The molecule has 0 spiro atoms. The van der Waals surface area contributed by atoms with Crippen LogP contribution in [0, 0.1) is 6.92 Å². The number of nitrogen functional groups attached to an aromatic ring is 1. The first-order valence-corrected chi connectivity index (χ1v) is 6.75. The molecule has 0 aromatic heterocycles. The molecule has 0 bridgehead atoms. The number of hydrogen-bond acceptors (Lipinski definition) is 4. The van der Waals surface area contributed by atoms with E-state index in [1.807, 2.05) is 19.2 Å². The number of carbonyl (C=O) groups is 1. The summed E-state index contributed by atoms with van der Waals surface area (Å²) in [5.41, 5.74) is 4.96. The maximum atomic E-state index is 11.9. The Morgan fingerprint density at radius 1 is 1.53 bits per heavy atom. The third-order valence-corrected chi connectivity index (χ3v) is 3.56. The van der Waals surface area contributed by atoms with E-state index in [9.17, 15) is 4.79 Å². The highest BCUT2D eigenvalue weighted by atomic mass is 32.2. The molecule has 1 unspecified atom stereocenters. The first-order chi connectivity index (χ1) is 8.08. The Labute approximate surface area is 106 Å². The molecule has 1 amide bonds. The number of carbonyl (C=O) groups excluding carboxylic acids is 1. The van der Waals surface area contributed by atoms with Crippen molar-refractivity contribution >= 4 is 23.4 Å². The summed E-state index contributed by atoms with van der Waals surface area (Å²) in [4.78, 5) is 11.9. The standard InChI is InChI=1S/C12H19N3OS/c1-8-6-10(15-13)4-5-11(8)12(16)14-7-9(2)17-3/h4-6,9,15H,7,13H2,1-3H3,(H,14,16). The third kappa shape index (κ3) is 3.94. The molecule has 0 saturated carbocycles. The lowest BCUT2D eigenvalue weighted by molar-refractivity contribution is 0.0953. The first-order valence-electron chi connectivity index (χ1n) is 5.46. The van der Waals surface area contributed by atoms with E-state index >= 15 is 0 Å². The second-order valence-electron chi connectivity index (χ2n) is 3.93. The fourth-order valence-electron chi connectivity index (χ4n) is 1.42. The lowest BCUT2D eigenvalue weighted by atomic mass is 10.1. The van der Waals surface area contributed by atoms with E-state index in [1.165, 1.54) is 0 Å². The summed E-state index contributed by atoms with van der Waals surface area (Å²) in [6.07, 6.45) is 2.03. The first kappa shape index (κ1) is 13.9. The van der Waals surface area contributed by atoms with Crippen LogP contribution in [0.3, 0.4) is 0 Å². The molecule has 4 nitrogen and oxygen atoms in total. The Morgan fingerprint density at radius 2 is 2.24 bits per heavy atom. The molecule has 17 heavy (non-hydrogen) atoms. The van der Waals surface area contributed by atoms with Crippen LogP contribution in [0.2, 0.25) is 0 Å². The molecule has 1 aromatic carbocycles. The smallest absolute Gasteiger partial charge is 0.251 e. The number of rotatable bonds is 5. The molecule has 0 heterocycles. The number of nitrogens with two attached hydrogens (primary N) is 1. The van der Waals surface area contributed by atoms with Crippen molar-refractivity contribution in [2.45, 2.75) is 19.1 Å². The molecule has 5 heteroatoms. The molecule has 0 aliphatic rings. The Morgan fingerprint density at radius 3 is 2.76 bits per heavy atom. The number of anilines is 1. The maximum Gasteiger partial charge on any atom is 0.251 e. The van der Waals surface area contributed by atoms with Crippen LogP contribution >= 0.6 is 11.8 Å². The van der Waals surface area contributed by atoms with Gasteiger partial charge in [0, 0.05) is 23.0 Å². The molecule has 0 fully saturated rings. The van der Waals surface area contributed by atoms with E-state index in [0.717, 1.165) is 11.3 Å². The molecule has 0 radical (unpaired) electrons. The summed E-state index contributed by atoms with van der Waals surface area (Å²) in [5, 5.41) is 3.34. The van der Waals surface area contributed by atoms with Gasteiger partial charge in [-0.2, -0.15) is 11.8 Å². The average Bonchev–Trinajstić information content (AvgIpc) is 2.35. The predicted molar refractivity (Wildman–Crippen MR) is 74.3 cm³/mol. The molecule has 1 aromatic rings. The molecule has 94 valence electrons. The van der Waals surface area contributed by atoms with Gasteiger partial charge in [-0.15, -0.1) is 0 Å². The van der Waals surface area contributed by atoms with Crippen LogP contribution in [-0.4, -0.2) is 24.0 Å². The molecule has 1 rings (SSSR count). The van der Waals surface area contributed by atoms with Crippen molar-refractivity contribution in [3.63, 3.8) is 0 Å². The van der Waals surface area contributed by atoms with Crippen molar-refractivity contribution in [1.82, 2.24) is 5.32 Å². The zero-order chi connectivity index (χ0) is 12.8. The van der Waals surface area contributed by atoms with Crippen molar-refractivity contribution in [3.8, 4) is 0 Å². The monoisotopic (exact) mass is 253 g/mol. The van der Waals surface area contributed by atoms with Crippen LogP contribution in [0.1, 0.15) is 22.8 Å². The average molecular weight is 253 g/mol. The highest BCUT2D eigenvalue weighted by Gasteiger charge is 2.10. The van der Waals surface area contributed by atoms with Crippen molar-refractivity contribution in [2.75, 3.05) is 18.2 Å². The normalized spacial score (nSPS) is 12.0. The Bertz CT molecular complexity index is 395. The second-order valence-corrected chi connectivity index (χ2v) is 5.21. The predicted octanol–water partition coefficient (Wildman–Crippen LogP) is 1.76. The zero-order valence-corrected chi connectivity index (χ0v) is 11.2. The van der Waals surface area contributed by atoms with Gasteiger partial charge in [0.15, 0.2) is 0 Å². The Hall–Kier alpha value is -1.20. The van der Waals surface area contributed by atoms with Gasteiger partial charge in [-0.05, 0) is 36.9 Å². The maximum absolute atomic E-state index is 11.9. The van der Waals surface area contributed by atoms with Gasteiger partial charge < -0.3 is 10.7 Å². The Balaban J connectivity index is 2.69. The van der Waals surface area contributed by atoms with Crippen molar-refractivity contribution in [3.05, 3.63) is 29.3 Å². The molecular weight excluding hydrogens is 234 g/mol. The number of benzene rings is 1. The van der Waals surface area contributed by atoms with Gasteiger partial charge in [0.25, 0.3) is 5.91 Å². The number of hydrazine groups is 1. The molecular formula is C12H19N3OS. The van der Waals surface area contributed by atoms with Crippen molar-refractivity contribution in [2.24, 2.45) is 5.84 Å². The number of hydrogen-bond donors (Lipinski definition) is 3. The van der Waals surface area contributed by atoms with Gasteiger partial charge in [0.05, 0.1) is 0 Å². The Kier molecular flexibility index (Phi) is 5.31. The minimum absolute atomic E-state index is 0.0352. The van der Waals surface area contributed by atoms with Crippen LogP contribution in [-0.2, 0) is 0 Å². The molecule has 4 N–H and O–H groups in total. The zero-order valence-electron chi connectivity index (χ0n) is 10.4. The number of thioether (sulfide) groups is 1. The van der Waals surface area contributed by atoms with E-state index in [0.29, 0.717) is 17.4 Å². The second kappa shape index (κ2) is 6.51. The highest BCUT2D eigenvalue weighted by molar-refractivity contribution is 7.99. The van der Waals surface area contributed by atoms with E-state index < -0.39 is 0 Å². The van der Waals surface area contributed by atoms with Crippen LogP contribution in [0.15, 0.2) is 18.2 Å². The number of nitrogens with one attached hydrogen (secondary N) is 2. The van der Waals surface area contributed by atoms with Gasteiger partial charge in [-0.1, -0.05) is 6.92 Å². The number of amides is 1. The summed E-state index contributed by atoms with van der Waals surface area (Å²) in [5.74, 6) is 5.27. The lowest BCUT2D eigenvalue weighted by Crippen LogP contribution is -2.29. The van der Waals surface area contributed by atoms with Gasteiger partial charge >= 0.3 is 0 Å². The fourth-order valence-corrected chi connectivity index (χ4v) is 1.67. The minimum atomic E-state index is -0.0352. The lowest BCUT2D eigenvalue weighted by Gasteiger charge is -2.12. The van der Waals surface area contributed by atoms with Crippen LogP contribution in [0.4, 0.5) is 5.69 Å². The fraction of sp³-hybridized carbons (Fsp3) is 0.417. The van der Waals surface area contributed by atoms with E-state index in [4.69, 9.17) is 5.84 Å². The van der Waals surface area contributed by atoms with Crippen molar-refractivity contribution in [1.29, 1.82) is 0 Å². The largest absolute Gasteiger partial charge is 0.351 e. The third-order valence-electron chi connectivity index (χ3n) is 2.59. The molecule has 0 saturated heterocycles. The van der Waals surface area contributed by atoms with Gasteiger partial charge in [-0.25, -0.2) is 0 Å². The number of aryl methyl sites for hydroxylation is 1. The van der Waals surface area contributed by atoms with Crippen LogP contribution < -0.4 is 16.6 Å². The molecule has 1 atom stereocenters.